The van der Waals surface area contributed by atoms with Gasteiger partial charge in [0.05, 0.1) is 5.75 Å². The molecule has 2 amide bonds. The zero-order chi connectivity index (χ0) is 25.9. The molecule has 6 heteroatoms. The van der Waals surface area contributed by atoms with E-state index in [0.29, 0.717) is 23.9 Å². The Hall–Kier alpha value is -2.76. The lowest BCUT2D eigenvalue weighted by molar-refractivity contribution is -0.139. The molecule has 3 aromatic rings. The van der Waals surface area contributed by atoms with Crippen LogP contribution in [-0.4, -0.2) is 35.1 Å². The van der Waals surface area contributed by atoms with Crippen molar-refractivity contribution in [3.05, 3.63) is 106 Å². The second kappa shape index (κ2) is 14.1. The molecule has 36 heavy (non-hydrogen) atoms. The molecule has 1 atom stereocenters. The van der Waals surface area contributed by atoms with Gasteiger partial charge in [0.15, 0.2) is 0 Å². The topological polar surface area (TPSA) is 49.4 Å². The second-order valence-corrected chi connectivity index (χ2v) is 10.8. The summed E-state index contributed by atoms with van der Waals surface area (Å²) in [7, 11) is 0. The Balaban J connectivity index is 1.84. The molecule has 0 aromatic heterocycles. The van der Waals surface area contributed by atoms with E-state index in [9.17, 15) is 9.59 Å². The highest BCUT2D eigenvalue weighted by molar-refractivity contribution is 7.99. The van der Waals surface area contributed by atoms with Crippen LogP contribution >= 0.6 is 23.4 Å². The van der Waals surface area contributed by atoms with Gasteiger partial charge in [-0.05, 0) is 35.6 Å². The minimum atomic E-state index is -0.644. The van der Waals surface area contributed by atoms with Gasteiger partial charge < -0.3 is 10.2 Å². The van der Waals surface area contributed by atoms with Crippen LogP contribution in [0.1, 0.15) is 36.1 Å². The van der Waals surface area contributed by atoms with Gasteiger partial charge in [-0.2, -0.15) is 0 Å². The van der Waals surface area contributed by atoms with Gasteiger partial charge in [0.2, 0.25) is 11.8 Å². The van der Waals surface area contributed by atoms with E-state index in [-0.39, 0.29) is 24.1 Å². The number of rotatable bonds is 12. The number of carbonyl (C=O) groups excluding carboxylic acids is 2. The highest BCUT2D eigenvalue weighted by atomic mass is 35.5. The van der Waals surface area contributed by atoms with Gasteiger partial charge in [0.25, 0.3) is 0 Å². The first-order valence-corrected chi connectivity index (χ1v) is 13.8. The third kappa shape index (κ3) is 8.72. The van der Waals surface area contributed by atoms with Gasteiger partial charge in [0.1, 0.15) is 6.04 Å². The molecule has 190 valence electrons. The van der Waals surface area contributed by atoms with Crippen molar-refractivity contribution < 1.29 is 9.59 Å². The van der Waals surface area contributed by atoms with Crippen LogP contribution in [0.25, 0.3) is 0 Å². The van der Waals surface area contributed by atoms with Crippen molar-refractivity contribution in [1.82, 2.24) is 10.2 Å². The Morgan fingerprint density at radius 1 is 0.917 bits per heavy atom. The molecule has 0 aliphatic heterocycles. The summed E-state index contributed by atoms with van der Waals surface area (Å²) in [6.07, 6.45) is 0.434. The summed E-state index contributed by atoms with van der Waals surface area (Å²) in [6.45, 7) is 7.00. The predicted molar refractivity (Wildman–Crippen MR) is 151 cm³/mol. The summed E-state index contributed by atoms with van der Waals surface area (Å²) in [5, 5.41) is 3.64. The largest absolute Gasteiger partial charge is 0.354 e. The van der Waals surface area contributed by atoms with E-state index in [1.165, 1.54) is 11.1 Å². The number of halogens is 1. The van der Waals surface area contributed by atoms with Gasteiger partial charge in [-0.15, -0.1) is 11.8 Å². The summed E-state index contributed by atoms with van der Waals surface area (Å²) in [5.41, 5.74) is 4.21. The fourth-order valence-electron chi connectivity index (χ4n) is 3.81. The summed E-state index contributed by atoms with van der Waals surface area (Å²) >= 11 is 8.03. The number of amides is 2. The molecule has 0 heterocycles. The standard InChI is InChI=1S/C30H35ClN2O2S/c1-22(2)18-32-30(35)28(17-24-9-5-4-6-10-24)33(19-26-11-7-8-12-27(26)31)29(34)21-36-20-25-15-13-23(3)14-16-25/h4-16,22,28H,17-21H2,1-3H3,(H,32,35). The fourth-order valence-corrected chi connectivity index (χ4v) is 4.88. The smallest absolute Gasteiger partial charge is 0.243 e. The first kappa shape index (κ1) is 27.8. The van der Waals surface area contributed by atoms with Gasteiger partial charge in [0, 0.05) is 30.3 Å². The van der Waals surface area contributed by atoms with E-state index in [0.717, 1.165) is 16.9 Å². The zero-order valence-corrected chi connectivity index (χ0v) is 22.8. The molecular formula is C30H35ClN2O2S. The molecule has 0 saturated heterocycles. The highest BCUT2D eigenvalue weighted by Gasteiger charge is 2.30. The van der Waals surface area contributed by atoms with Crippen molar-refractivity contribution in [3.8, 4) is 0 Å². The molecule has 0 spiro atoms. The van der Waals surface area contributed by atoms with Crippen molar-refractivity contribution in [3.63, 3.8) is 0 Å². The normalized spacial score (nSPS) is 11.8. The number of aryl methyl sites for hydroxylation is 1. The van der Waals surface area contributed by atoms with Crippen LogP contribution in [0.3, 0.4) is 0 Å². The molecular weight excluding hydrogens is 488 g/mol. The summed E-state index contributed by atoms with van der Waals surface area (Å²) in [6, 6.07) is 25.0. The van der Waals surface area contributed by atoms with Crippen LogP contribution < -0.4 is 5.32 Å². The van der Waals surface area contributed by atoms with Gasteiger partial charge in [-0.1, -0.05) is 104 Å². The first-order valence-electron chi connectivity index (χ1n) is 12.3. The Morgan fingerprint density at radius 3 is 2.25 bits per heavy atom. The van der Waals surface area contributed by atoms with Crippen molar-refractivity contribution in [1.29, 1.82) is 0 Å². The number of benzene rings is 3. The fraction of sp³-hybridized carbons (Fsp3) is 0.333. The van der Waals surface area contributed by atoms with Crippen molar-refractivity contribution >= 4 is 35.2 Å². The van der Waals surface area contributed by atoms with Crippen LogP contribution in [0.2, 0.25) is 5.02 Å². The second-order valence-electron chi connectivity index (χ2n) is 9.44. The molecule has 1 N–H and O–H groups in total. The Kier molecular flexibility index (Phi) is 10.9. The molecule has 3 aromatic carbocycles. The van der Waals surface area contributed by atoms with Crippen LogP contribution in [0, 0.1) is 12.8 Å². The molecule has 3 rings (SSSR count). The van der Waals surface area contributed by atoms with Gasteiger partial charge in [-0.3, -0.25) is 9.59 Å². The predicted octanol–water partition coefficient (Wildman–Crippen LogP) is 6.29. The average Bonchev–Trinajstić information content (AvgIpc) is 2.87. The van der Waals surface area contributed by atoms with Crippen LogP contribution in [-0.2, 0) is 28.3 Å². The lowest BCUT2D eigenvalue weighted by Gasteiger charge is -2.32. The average molecular weight is 523 g/mol. The molecule has 0 aliphatic rings. The maximum atomic E-state index is 13.7. The summed E-state index contributed by atoms with van der Waals surface area (Å²) in [4.78, 5) is 28.8. The minimum absolute atomic E-state index is 0.0762. The molecule has 1 unspecified atom stereocenters. The monoisotopic (exact) mass is 522 g/mol. The summed E-state index contributed by atoms with van der Waals surface area (Å²) < 4.78 is 0. The number of thioether (sulfide) groups is 1. The number of hydrogen-bond donors (Lipinski definition) is 1. The van der Waals surface area contributed by atoms with E-state index >= 15 is 0 Å². The molecule has 0 bridgehead atoms. The number of nitrogens with one attached hydrogen (secondary N) is 1. The lowest BCUT2D eigenvalue weighted by atomic mass is 10.0. The number of hydrogen-bond acceptors (Lipinski definition) is 3. The maximum Gasteiger partial charge on any atom is 0.243 e. The van der Waals surface area contributed by atoms with E-state index in [1.54, 1.807) is 16.7 Å². The lowest BCUT2D eigenvalue weighted by Crippen LogP contribution is -2.51. The maximum absolute atomic E-state index is 13.7. The molecule has 4 nitrogen and oxygen atoms in total. The number of carbonyl (C=O) groups is 2. The zero-order valence-electron chi connectivity index (χ0n) is 21.2. The van der Waals surface area contributed by atoms with Crippen LogP contribution in [0.5, 0.6) is 0 Å². The van der Waals surface area contributed by atoms with Crippen molar-refractivity contribution in [2.45, 2.75) is 45.5 Å². The quantitative estimate of drug-likeness (QED) is 0.304. The third-order valence-electron chi connectivity index (χ3n) is 5.87. The van der Waals surface area contributed by atoms with Crippen LogP contribution in [0.4, 0.5) is 0 Å². The van der Waals surface area contributed by atoms with Crippen LogP contribution in [0.15, 0.2) is 78.9 Å². The minimum Gasteiger partial charge on any atom is -0.354 e. The van der Waals surface area contributed by atoms with E-state index in [4.69, 9.17) is 11.6 Å². The van der Waals surface area contributed by atoms with E-state index in [2.05, 4.69) is 50.4 Å². The highest BCUT2D eigenvalue weighted by Crippen LogP contribution is 2.22. The van der Waals surface area contributed by atoms with Gasteiger partial charge in [-0.25, -0.2) is 0 Å². The van der Waals surface area contributed by atoms with Crippen molar-refractivity contribution in [2.24, 2.45) is 5.92 Å². The number of nitrogens with zero attached hydrogens (tertiary/aromatic N) is 1. The Morgan fingerprint density at radius 2 is 1.58 bits per heavy atom. The Labute approximate surface area is 224 Å². The first-order chi connectivity index (χ1) is 17.3. The molecule has 0 radical (unpaired) electrons. The Bertz CT molecular complexity index is 1120. The molecule has 0 fully saturated rings. The van der Waals surface area contributed by atoms with E-state index in [1.807, 2.05) is 54.6 Å². The SMILES string of the molecule is Cc1ccc(CSCC(=O)N(Cc2ccccc2Cl)C(Cc2ccccc2)C(=O)NCC(C)C)cc1. The third-order valence-corrected chi connectivity index (χ3v) is 7.23. The molecule has 0 saturated carbocycles. The van der Waals surface area contributed by atoms with Crippen molar-refractivity contribution in [2.75, 3.05) is 12.3 Å². The van der Waals surface area contributed by atoms with E-state index < -0.39 is 6.04 Å². The van der Waals surface area contributed by atoms with Gasteiger partial charge >= 0.3 is 0 Å². The molecule has 0 aliphatic carbocycles. The summed E-state index contributed by atoms with van der Waals surface area (Å²) in [5.74, 6) is 1.10.